The normalized spacial score (nSPS) is 27.1. The van der Waals surface area contributed by atoms with E-state index in [-0.39, 0.29) is 0 Å². The minimum atomic E-state index is 0.564. The highest BCUT2D eigenvalue weighted by atomic mass is 16.5. The third kappa shape index (κ3) is 3.04. The van der Waals surface area contributed by atoms with E-state index in [2.05, 4.69) is 22.0 Å². The number of hydrogen-bond donors (Lipinski definition) is 1. The highest BCUT2D eigenvalue weighted by Gasteiger charge is 2.31. The van der Waals surface area contributed by atoms with E-state index in [4.69, 9.17) is 10.3 Å². The lowest BCUT2D eigenvalue weighted by Gasteiger charge is -2.38. The van der Waals surface area contributed by atoms with Gasteiger partial charge >= 0.3 is 0 Å². The number of hydrogen-bond acceptors (Lipinski definition) is 5. The maximum atomic E-state index is 5.95. The first-order valence-electron chi connectivity index (χ1n) is 8.08. The van der Waals surface area contributed by atoms with Crippen LogP contribution >= 0.6 is 0 Å². The molecule has 2 saturated carbocycles. The first-order valence-corrected chi connectivity index (χ1v) is 8.08. The zero-order valence-corrected chi connectivity index (χ0v) is 12.4. The molecule has 1 aromatic rings. The molecule has 2 aliphatic rings. The molecule has 0 bridgehead atoms. The Hall–Kier alpha value is -0.940. The van der Waals surface area contributed by atoms with Gasteiger partial charge in [0.05, 0.1) is 6.54 Å². The maximum absolute atomic E-state index is 5.95. The molecular formula is C15H26N4O. The Labute approximate surface area is 120 Å². The summed E-state index contributed by atoms with van der Waals surface area (Å²) in [6.07, 6.45) is 7.58. The molecule has 20 heavy (non-hydrogen) atoms. The van der Waals surface area contributed by atoms with Crippen molar-refractivity contribution in [2.24, 2.45) is 11.7 Å². The second-order valence-electron chi connectivity index (χ2n) is 6.23. The van der Waals surface area contributed by atoms with Gasteiger partial charge in [-0.1, -0.05) is 24.9 Å². The van der Waals surface area contributed by atoms with Crippen molar-refractivity contribution < 1.29 is 4.52 Å². The molecule has 5 nitrogen and oxygen atoms in total. The van der Waals surface area contributed by atoms with Crippen LogP contribution in [0.1, 0.15) is 63.1 Å². The van der Waals surface area contributed by atoms with E-state index in [0.717, 1.165) is 31.3 Å². The molecule has 0 aliphatic heterocycles. The lowest BCUT2D eigenvalue weighted by Crippen LogP contribution is -2.44. The third-order valence-electron chi connectivity index (χ3n) is 4.81. The average molecular weight is 278 g/mol. The van der Waals surface area contributed by atoms with E-state index in [0.29, 0.717) is 17.9 Å². The van der Waals surface area contributed by atoms with Gasteiger partial charge in [-0.05, 0) is 44.7 Å². The summed E-state index contributed by atoms with van der Waals surface area (Å²) in [4.78, 5) is 7.03. The third-order valence-corrected chi connectivity index (χ3v) is 4.81. The van der Waals surface area contributed by atoms with E-state index < -0.39 is 0 Å². The van der Waals surface area contributed by atoms with Gasteiger partial charge in [0.15, 0.2) is 5.82 Å². The fourth-order valence-electron chi connectivity index (χ4n) is 3.42. The van der Waals surface area contributed by atoms with E-state index in [9.17, 15) is 0 Å². The molecular weight excluding hydrogens is 252 g/mol. The maximum Gasteiger partial charge on any atom is 0.240 e. The van der Waals surface area contributed by atoms with Gasteiger partial charge in [-0.15, -0.1) is 0 Å². The second-order valence-corrected chi connectivity index (χ2v) is 6.23. The molecule has 2 fully saturated rings. The lowest BCUT2D eigenvalue weighted by molar-refractivity contribution is 0.0942. The fourth-order valence-corrected chi connectivity index (χ4v) is 3.42. The summed E-state index contributed by atoms with van der Waals surface area (Å²) in [5.41, 5.74) is 5.95. The standard InChI is InChI=1S/C15H26N4O/c1-2-19(13-6-4-3-5-12(13)9-16)10-14-17-15(18-20-14)11-7-8-11/h11-13H,2-10,16H2,1H3. The Morgan fingerprint density at radius 2 is 2.05 bits per heavy atom. The molecule has 0 aromatic carbocycles. The molecule has 2 N–H and O–H groups in total. The molecule has 0 amide bonds. The fraction of sp³-hybridized carbons (Fsp3) is 0.867. The van der Waals surface area contributed by atoms with Crippen LogP contribution in [-0.2, 0) is 6.54 Å². The number of nitrogens with zero attached hydrogens (tertiary/aromatic N) is 3. The van der Waals surface area contributed by atoms with E-state index in [1.807, 2.05) is 0 Å². The van der Waals surface area contributed by atoms with Crippen LogP contribution in [0, 0.1) is 5.92 Å². The van der Waals surface area contributed by atoms with Crippen molar-refractivity contribution >= 4 is 0 Å². The van der Waals surface area contributed by atoms with Crippen LogP contribution in [0.4, 0.5) is 0 Å². The summed E-state index contributed by atoms with van der Waals surface area (Å²) < 4.78 is 5.42. The second kappa shape index (κ2) is 6.22. The quantitative estimate of drug-likeness (QED) is 0.864. The average Bonchev–Trinajstić information content (AvgIpc) is 3.24. The Morgan fingerprint density at radius 3 is 2.75 bits per heavy atom. The SMILES string of the molecule is CCN(Cc1nc(C2CC2)no1)C1CCCCC1CN. The van der Waals surface area contributed by atoms with Gasteiger partial charge in [-0.25, -0.2) is 0 Å². The Kier molecular flexibility index (Phi) is 4.36. The molecule has 2 atom stereocenters. The van der Waals surface area contributed by atoms with Crippen LogP contribution < -0.4 is 5.73 Å². The van der Waals surface area contributed by atoms with Crippen LogP contribution in [0.5, 0.6) is 0 Å². The Morgan fingerprint density at radius 1 is 1.25 bits per heavy atom. The molecule has 2 unspecified atom stereocenters. The zero-order chi connectivity index (χ0) is 13.9. The predicted octanol–water partition coefficient (Wildman–Crippen LogP) is 2.29. The molecule has 1 aromatic heterocycles. The van der Waals surface area contributed by atoms with Crippen molar-refractivity contribution in [3.8, 4) is 0 Å². The van der Waals surface area contributed by atoms with Crippen molar-refractivity contribution in [3.05, 3.63) is 11.7 Å². The molecule has 5 heteroatoms. The molecule has 0 radical (unpaired) electrons. The molecule has 2 aliphatic carbocycles. The Balaban J connectivity index is 1.65. The smallest absolute Gasteiger partial charge is 0.240 e. The van der Waals surface area contributed by atoms with Crippen LogP contribution in [0.3, 0.4) is 0 Å². The van der Waals surface area contributed by atoms with E-state index in [1.54, 1.807) is 0 Å². The molecule has 3 rings (SSSR count). The monoisotopic (exact) mass is 278 g/mol. The minimum Gasteiger partial charge on any atom is -0.338 e. The largest absolute Gasteiger partial charge is 0.338 e. The molecule has 0 spiro atoms. The first-order chi connectivity index (χ1) is 9.81. The summed E-state index contributed by atoms with van der Waals surface area (Å²) in [5.74, 6) is 2.87. The number of rotatable bonds is 6. The van der Waals surface area contributed by atoms with Gasteiger partial charge in [0.2, 0.25) is 5.89 Å². The van der Waals surface area contributed by atoms with Crippen molar-refractivity contribution in [1.29, 1.82) is 0 Å². The molecule has 1 heterocycles. The summed E-state index contributed by atoms with van der Waals surface area (Å²) >= 11 is 0. The van der Waals surface area contributed by atoms with Crippen molar-refractivity contribution in [3.63, 3.8) is 0 Å². The number of nitrogens with two attached hydrogens (primary N) is 1. The van der Waals surface area contributed by atoms with Gasteiger partial charge in [0, 0.05) is 12.0 Å². The van der Waals surface area contributed by atoms with E-state index in [1.165, 1.54) is 38.5 Å². The van der Waals surface area contributed by atoms with Gasteiger partial charge in [0.25, 0.3) is 0 Å². The zero-order valence-electron chi connectivity index (χ0n) is 12.4. The summed E-state index contributed by atoms with van der Waals surface area (Å²) in [7, 11) is 0. The van der Waals surface area contributed by atoms with Crippen molar-refractivity contribution in [2.75, 3.05) is 13.1 Å². The van der Waals surface area contributed by atoms with Gasteiger partial charge < -0.3 is 10.3 Å². The van der Waals surface area contributed by atoms with Crippen molar-refractivity contribution in [2.45, 2.75) is 64.0 Å². The van der Waals surface area contributed by atoms with Crippen LogP contribution in [0.15, 0.2) is 4.52 Å². The molecule has 112 valence electrons. The van der Waals surface area contributed by atoms with Gasteiger partial charge in [0.1, 0.15) is 0 Å². The van der Waals surface area contributed by atoms with Crippen LogP contribution in [0.25, 0.3) is 0 Å². The highest BCUT2D eigenvalue weighted by Crippen LogP contribution is 2.38. The lowest BCUT2D eigenvalue weighted by atomic mass is 9.83. The van der Waals surface area contributed by atoms with Crippen molar-refractivity contribution in [1.82, 2.24) is 15.0 Å². The Bertz CT molecular complexity index is 429. The summed E-state index contributed by atoms with van der Waals surface area (Å²) in [6.45, 7) is 4.79. The highest BCUT2D eigenvalue weighted by molar-refractivity contribution is 5.03. The first kappa shape index (κ1) is 14.0. The van der Waals surface area contributed by atoms with Crippen LogP contribution in [0.2, 0.25) is 0 Å². The van der Waals surface area contributed by atoms with Gasteiger partial charge in [-0.2, -0.15) is 4.98 Å². The topological polar surface area (TPSA) is 68.2 Å². The number of aromatic nitrogens is 2. The predicted molar refractivity (Wildman–Crippen MR) is 77.2 cm³/mol. The van der Waals surface area contributed by atoms with E-state index >= 15 is 0 Å². The van der Waals surface area contributed by atoms with Crippen LogP contribution in [-0.4, -0.2) is 34.2 Å². The molecule has 0 saturated heterocycles. The van der Waals surface area contributed by atoms with Gasteiger partial charge in [-0.3, -0.25) is 4.90 Å². The summed E-state index contributed by atoms with van der Waals surface area (Å²) in [6, 6.07) is 0.579. The summed E-state index contributed by atoms with van der Waals surface area (Å²) in [5, 5.41) is 4.11. The minimum absolute atomic E-state index is 0.564.